The number of aryl methyl sites for hydroxylation is 1. The van der Waals surface area contributed by atoms with Gasteiger partial charge in [0.2, 0.25) is 0 Å². The smallest absolute Gasteiger partial charge is 0.253 e. The van der Waals surface area contributed by atoms with E-state index >= 15 is 0 Å². The van der Waals surface area contributed by atoms with Gasteiger partial charge in [-0.25, -0.2) is 0 Å². The Bertz CT molecular complexity index is 810. The van der Waals surface area contributed by atoms with Crippen LogP contribution in [0.3, 0.4) is 0 Å². The molecule has 154 valence electrons. The summed E-state index contributed by atoms with van der Waals surface area (Å²) in [5.74, 6) is 0.320. The Balaban J connectivity index is 1.39. The molecule has 0 bridgehead atoms. The molecule has 1 N–H and O–H groups in total. The van der Waals surface area contributed by atoms with E-state index in [1.807, 2.05) is 19.1 Å². The number of piperidine rings is 1. The quantitative estimate of drug-likeness (QED) is 0.813. The van der Waals surface area contributed by atoms with Crippen LogP contribution in [0.25, 0.3) is 0 Å². The molecule has 1 aromatic heterocycles. The number of nitrogens with zero attached hydrogens (tertiary/aromatic N) is 2. The van der Waals surface area contributed by atoms with E-state index in [0.29, 0.717) is 12.5 Å². The van der Waals surface area contributed by atoms with Gasteiger partial charge in [0.05, 0.1) is 17.4 Å². The van der Waals surface area contributed by atoms with Gasteiger partial charge >= 0.3 is 0 Å². The number of carbonyl (C=O) groups excluding carboxylic acids is 1. The molecule has 0 unspecified atom stereocenters. The first-order chi connectivity index (χ1) is 14.2. The summed E-state index contributed by atoms with van der Waals surface area (Å²) < 4.78 is 5.63. The van der Waals surface area contributed by atoms with Crippen molar-refractivity contribution in [3.63, 3.8) is 0 Å². The molecule has 4 rings (SSSR count). The lowest BCUT2D eigenvalue weighted by Gasteiger charge is -2.32. The van der Waals surface area contributed by atoms with E-state index < -0.39 is 0 Å². The number of hydrogen-bond donors (Lipinski definition) is 1. The highest BCUT2D eigenvalue weighted by atomic mass is 16.5. The molecule has 1 amide bonds. The number of ether oxygens (including phenoxy) is 1. The van der Waals surface area contributed by atoms with Crippen LogP contribution in [0.4, 0.5) is 0 Å². The van der Waals surface area contributed by atoms with Gasteiger partial charge in [0, 0.05) is 31.3 Å². The van der Waals surface area contributed by atoms with E-state index in [2.05, 4.69) is 40.5 Å². The van der Waals surface area contributed by atoms with E-state index in [-0.39, 0.29) is 12.0 Å². The van der Waals surface area contributed by atoms with Crippen molar-refractivity contribution in [1.82, 2.24) is 15.2 Å². The highest BCUT2D eigenvalue weighted by molar-refractivity contribution is 5.95. The molecule has 0 aliphatic carbocycles. The summed E-state index contributed by atoms with van der Waals surface area (Å²) in [7, 11) is 0. The van der Waals surface area contributed by atoms with Crippen molar-refractivity contribution in [2.24, 2.45) is 0 Å². The lowest BCUT2D eigenvalue weighted by atomic mass is 9.89. The van der Waals surface area contributed by atoms with Crippen LogP contribution >= 0.6 is 0 Å². The maximum absolute atomic E-state index is 12.9. The zero-order chi connectivity index (χ0) is 20.1. The van der Waals surface area contributed by atoms with Crippen molar-refractivity contribution >= 4 is 5.91 Å². The lowest BCUT2D eigenvalue weighted by Crippen LogP contribution is -2.35. The minimum atomic E-state index is -0.0188. The Morgan fingerprint density at radius 1 is 1.14 bits per heavy atom. The SMILES string of the molecule is Cc1ccc(C(=O)NC[C@@H]2CCCO2)c(C2CCN(Cc3ccccc3)CC2)n1. The van der Waals surface area contributed by atoms with Gasteiger partial charge in [-0.2, -0.15) is 0 Å². The number of rotatable bonds is 6. The van der Waals surface area contributed by atoms with Crippen molar-refractivity contribution in [3.05, 3.63) is 65.0 Å². The number of aromatic nitrogens is 1. The fourth-order valence-corrected chi connectivity index (χ4v) is 4.39. The number of pyridine rings is 1. The van der Waals surface area contributed by atoms with Gasteiger partial charge in [0.1, 0.15) is 0 Å². The van der Waals surface area contributed by atoms with Gasteiger partial charge < -0.3 is 10.1 Å². The number of nitrogens with one attached hydrogen (secondary N) is 1. The van der Waals surface area contributed by atoms with Crippen molar-refractivity contribution in [3.8, 4) is 0 Å². The zero-order valence-corrected chi connectivity index (χ0v) is 17.3. The molecular weight excluding hydrogens is 362 g/mol. The van der Waals surface area contributed by atoms with E-state index in [0.717, 1.165) is 68.9 Å². The van der Waals surface area contributed by atoms with Gasteiger partial charge in [-0.05, 0) is 63.4 Å². The molecule has 29 heavy (non-hydrogen) atoms. The summed E-state index contributed by atoms with van der Waals surface area (Å²) in [4.78, 5) is 20.2. The second-order valence-electron chi connectivity index (χ2n) is 8.27. The van der Waals surface area contributed by atoms with Crippen LogP contribution in [0.1, 0.15) is 58.9 Å². The van der Waals surface area contributed by atoms with Crippen LogP contribution in [-0.2, 0) is 11.3 Å². The summed E-state index contributed by atoms with van der Waals surface area (Å²) in [6.45, 7) is 6.45. The third kappa shape index (κ3) is 5.22. The van der Waals surface area contributed by atoms with E-state index in [1.165, 1.54) is 5.56 Å². The Labute approximate surface area is 173 Å². The second kappa shape index (κ2) is 9.51. The Kier molecular flexibility index (Phi) is 6.57. The summed E-state index contributed by atoms with van der Waals surface area (Å²) in [5.41, 5.74) is 4.03. The molecular formula is C24H31N3O2. The normalized spacial score (nSPS) is 20.7. The van der Waals surface area contributed by atoms with Gasteiger partial charge in [-0.1, -0.05) is 30.3 Å². The van der Waals surface area contributed by atoms with Crippen molar-refractivity contribution in [2.75, 3.05) is 26.2 Å². The minimum absolute atomic E-state index is 0.0188. The van der Waals surface area contributed by atoms with Gasteiger partial charge in [0.15, 0.2) is 0 Å². The first kappa shape index (κ1) is 20.0. The summed E-state index contributed by atoms with van der Waals surface area (Å²) in [6.07, 6.45) is 4.34. The van der Waals surface area contributed by atoms with E-state index in [4.69, 9.17) is 9.72 Å². The van der Waals surface area contributed by atoms with Crippen molar-refractivity contribution in [2.45, 2.75) is 51.2 Å². The third-order valence-corrected chi connectivity index (χ3v) is 6.05. The predicted octanol–water partition coefficient (Wildman–Crippen LogP) is 3.68. The molecule has 5 heteroatoms. The number of amides is 1. The molecule has 3 heterocycles. The number of benzene rings is 1. The van der Waals surface area contributed by atoms with Gasteiger partial charge in [-0.15, -0.1) is 0 Å². The standard InChI is InChI=1S/C24H31N3O2/c1-18-9-10-22(24(28)25-16-21-8-5-15-29-21)23(26-18)20-11-13-27(14-12-20)17-19-6-3-2-4-7-19/h2-4,6-7,9-10,20-21H,5,8,11-17H2,1H3,(H,25,28)/t21-/m0/s1. The first-order valence-electron chi connectivity index (χ1n) is 10.8. The van der Waals surface area contributed by atoms with Crippen LogP contribution < -0.4 is 5.32 Å². The summed E-state index contributed by atoms with van der Waals surface area (Å²) in [5, 5.41) is 3.07. The molecule has 5 nitrogen and oxygen atoms in total. The number of carbonyl (C=O) groups is 1. The third-order valence-electron chi connectivity index (χ3n) is 6.05. The molecule has 0 spiro atoms. The highest BCUT2D eigenvalue weighted by Crippen LogP contribution is 2.30. The molecule has 2 aromatic rings. The number of likely N-dealkylation sites (tertiary alicyclic amines) is 1. The van der Waals surface area contributed by atoms with Crippen LogP contribution in [0.5, 0.6) is 0 Å². The molecule has 1 atom stereocenters. The fourth-order valence-electron chi connectivity index (χ4n) is 4.39. The van der Waals surface area contributed by atoms with E-state index in [1.54, 1.807) is 0 Å². The fraction of sp³-hybridized carbons (Fsp3) is 0.500. The molecule has 0 saturated carbocycles. The average Bonchev–Trinajstić information content (AvgIpc) is 3.27. The molecule has 2 saturated heterocycles. The first-order valence-corrected chi connectivity index (χ1v) is 10.8. The molecule has 0 radical (unpaired) electrons. The molecule has 2 aliphatic heterocycles. The monoisotopic (exact) mass is 393 g/mol. The zero-order valence-electron chi connectivity index (χ0n) is 17.3. The molecule has 1 aromatic carbocycles. The van der Waals surface area contributed by atoms with Crippen molar-refractivity contribution < 1.29 is 9.53 Å². The number of hydrogen-bond acceptors (Lipinski definition) is 4. The minimum Gasteiger partial charge on any atom is -0.376 e. The van der Waals surface area contributed by atoms with Gasteiger partial charge in [-0.3, -0.25) is 14.7 Å². The Morgan fingerprint density at radius 2 is 1.93 bits per heavy atom. The van der Waals surface area contributed by atoms with Crippen LogP contribution in [0.15, 0.2) is 42.5 Å². The second-order valence-corrected chi connectivity index (χ2v) is 8.27. The van der Waals surface area contributed by atoms with Gasteiger partial charge in [0.25, 0.3) is 5.91 Å². The lowest BCUT2D eigenvalue weighted by molar-refractivity contribution is 0.0855. The topological polar surface area (TPSA) is 54.5 Å². The predicted molar refractivity (Wildman–Crippen MR) is 114 cm³/mol. The van der Waals surface area contributed by atoms with Crippen molar-refractivity contribution in [1.29, 1.82) is 0 Å². The summed E-state index contributed by atoms with van der Waals surface area (Å²) in [6, 6.07) is 14.5. The average molecular weight is 394 g/mol. The van der Waals surface area contributed by atoms with Crippen LogP contribution in [-0.4, -0.2) is 48.1 Å². The maximum Gasteiger partial charge on any atom is 0.253 e. The Hall–Kier alpha value is -2.24. The van der Waals surface area contributed by atoms with Crippen LogP contribution in [0, 0.1) is 6.92 Å². The van der Waals surface area contributed by atoms with Crippen LogP contribution in [0.2, 0.25) is 0 Å². The van der Waals surface area contributed by atoms with E-state index in [9.17, 15) is 4.79 Å². The highest BCUT2D eigenvalue weighted by Gasteiger charge is 2.26. The molecule has 2 aliphatic rings. The largest absolute Gasteiger partial charge is 0.376 e. The maximum atomic E-state index is 12.9. The molecule has 2 fully saturated rings. The summed E-state index contributed by atoms with van der Waals surface area (Å²) >= 11 is 0. The Morgan fingerprint density at radius 3 is 2.66 bits per heavy atom.